The van der Waals surface area contributed by atoms with Crippen LogP contribution in [0.4, 0.5) is 0 Å². The van der Waals surface area contributed by atoms with Gasteiger partial charge in [0.1, 0.15) is 0 Å². The van der Waals surface area contributed by atoms with E-state index in [1.165, 1.54) is 69.4 Å². The fourth-order valence-corrected chi connectivity index (χ4v) is 12.8. The fourth-order valence-electron chi connectivity index (χ4n) is 11.4. The number of hydrogen-bond acceptors (Lipinski definition) is 4. The Morgan fingerprint density at radius 1 is 0.253 bits per heavy atom. The lowest BCUT2D eigenvalue weighted by Gasteiger charge is -2.14. The minimum Gasteiger partial charge on any atom is -0.308 e. The third-order valence-corrected chi connectivity index (χ3v) is 16.0. The van der Waals surface area contributed by atoms with Crippen molar-refractivity contribution in [1.29, 1.82) is 0 Å². The molecule has 350 valence electrons. The van der Waals surface area contributed by atoms with E-state index in [-0.39, 0.29) is 0 Å². The van der Waals surface area contributed by atoms with E-state index in [9.17, 15) is 0 Å². The first-order valence-corrected chi connectivity index (χ1v) is 26.2. The van der Waals surface area contributed by atoms with Crippen molar-refractivity contribution in [3.63, 3.8) is 0 Å². The smallest absolute Gasteiger partial charge is 0.164 e. The third kappa shape index (κ3) is 7.03. The molecule has 5 nitrogen and oxygen atoms in total. The van der Waals surface area contributed by atoms with E-state index in [1.807, 2.05) is 23.5 Å². The van der Waals surface area contributed by atoms with Gasteiger partial charge in [-0.2, -0.15) is 0 Å². The van der Waals surface area contributed by atoms with Crippen LogP contribution in [0.2, 0.25) is 0 Å². The maximum atomic E-state index is 5.38. The molecule has 0 aliphatic rings. The lowest BCUT2D eigenvalue weighted by molar-refractivity contribution is 1.07. The molecule has 0 spiro atoms. The Labute approximate surface area is 436 Å². The summed E-state index contributed by atoms with van der Waals surface area (Å²) in [6.45, 7) is 0. The number of nitrogens with zero attached hydrogens (tertiary/aromatic N) is 5. The zero-order valence-corrected chi connectivity index (χ0v) is 41.3. The van der Waals surface area contributed by atoms with Crippen LogP contribution in [0.15, 0.2) is 261 Å². The van der Waals surface area contributed by atoms with Crippen LogP contribution in [-0.2, 0) is 0 Å². The van der Waals surface area contributed by atoms with Gasteiger partial charge in [0.05, 0.1) is 31.5 Å². The van der Waals surface area contributed by atoms with E-state index >= 15 is 0 Å². The highest BCUT2D eigenvalue weighted by atomic mass is 32.1. The van der Waals surface area contributed by atoms with Crippen molar-refractivity contribution in [2.45, 2.75) is 0 Å². The highest BCUT2D eigenvalue weighted by molar-refractivity contribution is 7.27. The van der Waals surface area contributed by atoms with Crippen LogP contribution in [-0.4, -0.2) is 24.1 Å². The van der Waals surface area contributed by atoms with Crippen LogP contribution in [0, 0.1) is 0 Å². The number of rotatable bonds is 8. The number of thiophene rings is 1. The molecule has 0 N–H and O–H groups in total. The molecule has 0 radical (unpaired) electrons. The fraction of sp³-hybridized carbons (Fsp3) is 0. The molecule has 4 heterocycles. The van der Waals surface area contributed by atoms with Crippen molar-refractivity contribution >= 4 is 75.1 Å². The summed E-state index contributed by atoms with van der Waals surface area (Å²) in [5.74, 6) is 1.83. The summed E-state index contributed by atoms with van der Waals surface area (Å²) < 4.78 is 7.45. The summed E-state index contributed by atoms with van der Waals surface area (Å²) >= 11 is 1.89. The first-order chi connectivity index (χ1) is 37.2. The molecule has 75 heavy (non-hydrogen) atoms. The molecule has 15 rings (SSSR count). The third-order valence-electron chi connectivity index (χ3n) is 14.8. The highest BCUT2D eigenvalue weighted by Gasteiger charge is 2.23. The molecule has 0 unspecified atom stereocenters. The molecule has 15 aromatic rings. The second-order valence-electron chi connectivity index (χ2n) is 19.1. The molecule has 4 aromatic heterocycles. The SMILES string of the molecule is c1ccc(-c2cccc(-n3c4ccccc4c4ccc5c6ccc7c8ccccc8n(-c8cccc(-c9nc(-c%10ccccc%10-c%10ccccc%10)nc(-c%10ccccc%10-c%10ccccc%10)n9)c8)c7c6sc5c43)c2)cc1. The Morgan fingerprint density at radius 2 is 0.627 bits per heavy atom. The molecule has 0 saturated carbocycles. The van der Waals surface area contributed by atoms with Gasteiger partial charge in [-0.15, -0.1) is 11.3 Å². The van der Waals surface area contributed by atoms with Crippen molar-refractivity contribution in [3.05, 3.63) is 261 Å². The molecule has 0 fully saturated rings. The van der Waals surface area contributed by atoms with Gasteiger partial charge >= 0.3 is 0 Å². The lowest BCUT2D eigenvalue weighted by Crippen LogP contribution is -2.02. The Hall–Kier alpha value is -9.75. The Morgan fingerprint density at radius 3 is 1.13 bits per heavy atom. The second kappa shape index (κ2) is 17.5. The van der Waals surface area contributed by atoms with E-state index in [2.05, 4.69) is 258 Å². The van der Waals surface area contributed by atoms with Crippen LogP contribution >= 0.6 is 11.3 Å². The van der Waals surface area contributed by atoms with E-state index in [0.29, 0.717) is 17.5 Å². The van der Waals surface area contributed by atoms with Gasteiger partial charge in [-0.3, -0.25) is 0 Å². The number of hydrogen-bond donors (Lipinski definition) is 0. The van der Waals surface area contributed by atoms with Crippen LogP contribution in [0.3, 0.4) is 0 Å². The Balaban J connectivity index is 0.958. The summed E-state index contributed by atoms with van der Waals surface area (Å²) in [7, 11) is 0. The summed E-state index contributed by atoms with van der Waals surface area (Å²) in [5.41, 5.74) is 16.4. The minimum absolute atomic E-state index is 0.599. The standard InChI is InChI=1S/C69H43N5S/c1-4-20-44(21-5-1)47-26-18-28-49(42-47)73-61-36-16-14-32-53(61)55-38-40-57-58-41-39-56-54-33-15-17-37-62(54)74(64(56)66(58)75-65(57)63(55)73)50-29-19-27-48(43-50)67-70-68(59-34-12-10-30-51(59)45-22-6-2-7-23-45)72-69(71-67)60-35-13-11-31-52(60)46-24-8-3-9-25-46/h1-43H. The zero-order chi connectivity index (χ0) is 49.4. The van der Waals surface area contributed by atoms with Crippen molar-refractivity contribution < 1.29 is 0 Å². The molecule has 0 amide bonds. The van der Waals surface area contributed by atoms with Gasteiger partial charge in [0.2, 0.25) is 0 Å². The van der Waals surface area contributed by atoms with E-state index in [0.717, 1.165) is 55.8 Å². The van der Waals surface area contributed by atoms with E-state index in [4.69, 9.17) is 15.0 Å². The first kappa shape index (κ1) is 42.9. The van der Waals surface area contributed by atoms with Crippen LogP contribution < -0.4 is 0 Å². The van der Waals surface area contributed by atoms with Crippen molar-refractivity contribution in [1.82, 2.24) is 24.1 Å². The summed E-state index contributed by atoms with van der Waals surface area (Å²) in [4.78, 5) is 16.1. The average Bonchev–Trinajstić information content (AvgIpc) is 4.19. The lowest BCUT2D eigenvalue weighted by atomic mass is 9.98. The predicted molar refractivity (Wildman–Crippen MR) is 314 cm³/mol. The van der Waals surface area contributed by atoms with Crippen molar-refractivity contribution in [2.75, 3.05) is 0 Å². The largest absolute Gasteiger partial charge is 0.308 e. The van der Waals surface area contributed by atoms with Crippen LogP contribution in [0.1, 0.15) is 0 Å². The average molecular weight is 974 g/mol. The maximum absolute atomic E-state index is 5.38. The molecule has 0 aliphatic heterocycles. The summed E-state index contributed by atoms with van der Waals surface area (Å²) in [5, 5.41) is 7.38. The van der Waals surface area contributed by atoms with Crippen LogP contribution in [0.5, 0.6) is 0 Å². The zero-order valence-electron chi connectivity index (χ0n) is 40.5. The number of fused-ring (bicyclic) bond motifs is 11. The topological polar surface area (TPSA) is 48.5 Å². The number of para-hydroxylation sites is 2. The molecular formula is C69H43N5S. The molecule has 0 saturated heterocycles. The first-order valence-electron chi connectivity index (χ1n) is 25.3. The Bertz CT molecular complexity index is 4600. The van der Waals surface area contributed by atoms with E-state index < -0.39 is 0 Å². The highest BCUT2D eigenvalue weighted by Crippen LogP contribution is 2.48. The van der Waals surface area contributed by atoms with Gasteiger partial charge in [0.25, 0.3) is 0 Å². The molecule has 6 heteroatoms. The normalized spacial score (nSPS) is 11.7. The number of benzene rings is 11. The van der Waals surface area contributed by atoms with Gasteiger partial charge < -0.3 is 9.13 Å². The molecule has 0 atom stereocenters. The Kier molecular flexibility index (Phi) is 10.00. The molecule has 0 bridgehead atoms. The van der Waals surface area contributed by atoms with Gasteiger partial charge in [0.15, 0.2) is 17.5 Å². The van der Waals surface area contributed by atoms with Gasteiger partial charge in [0, 0.05) is 60.4 Å². The molecule has 11 aromatic carbocycles. The number of aromatic nitrogens is 5. The van der Waals surface area contributed by atoms with Crippen molar-refractivity contribution in [3.8, 4) is 78.9 Å². The van der Waals surface area contributed by atoms with Gasteiger partial charge in [-0.05, 0) is 69.8 Å². The quantitative estimate of drug-likeness (QED) is 0.152. The van der Waals surface area contributed by atoms with E-state index in [1.54, 1.807) is 0 Å². The van der Waals surface area contributed by atoms with Crippen LogP contribution in [0.25, 0.3) is 143 Å². The molecular weight excluding hydrogens is 931 g/mol. The van der Waals surface area contributed by atoms with Crippen molar-refractivity contribution in [2.24, 2.45) is 0 Å². The summed E-state index contributed by atoms with van der Waals surface area (Å²) in [6.07, 6.45) is 0. The maximum Gasteiger partial charge on any atom is 0.164 e. The predicted octanol–water partition coefficient (Wildman–Crippen LogP) is 18.4. The second-order valence-corrected chi connectivity index (χ2v) is 20.1. The van der Waals surface area contributed by atoms with Gasteiger partial charge in [-0.1, -0.05) is 224 Å². The molecule has 0 aliphatic carbocycles. The minimum atomic E-state index is 0.599. The monoisotopic (exact) mass is 973 g/mol. The summed E-state index contributed by atoms with van der Waals surface area (Å²) in [6, 6.07) is 93.2. The van der Waals surface area contributed by atoms with Gasteiger partial charge in [-0.25, -0.2) is 15.0 Å².